The van der Waals surface area contributed by atoms with Crippen molar-refractivity contribution in [3.8, 4) is 0 Å². The van der Waals surface area contributed by atoms with E-state index in [-0.39, 0.29) is 0 Å². The van der Waals surface area contributed by atoms with Gasteiger partial charge in [0.05, 0.1) is 6.54 Å². The molecule has 0 radical (unpaired) electrons. The maximum Gasteiger partial charge on any atom is 0.193 e. The molecule has 0 aromatic heterocycles. The molecule has 1 aromatic carbocycles. The van der Waals surface area contributed by atoms with Crippen molar-refractivity contribution >= 4 is 5.96 Å². The molecule has 3 heterocycles. The summed E-state index contributed by atoms with van der Waals surface area (Å²) in [6.45, 7) is 12.5. The first-order valence-electron chi connectivity index (χ1n) is 11.9. The van der Waals surface area contributed by atoms with Crippen molar-refractivity contribution in [2.45, 2.75) is 51.6 Å². The summed E-state index contributed by atoms with van der Waals surface area (Å²) in [5.41, 5.74) is 1.42. The molecule has 1 aromatic rings. The summed E-state index contributed by atoms with van der Waals surface area (Å²) in [4.78, 5) is 12.9. The highest BCUT2D eigenvalue weighted by molar-refractivity contribution is 5.80. The van der Waals surface area contributed by atoms with Crippen LogP contribution in [-0.2, 0) is 6.54 Å². The van der Waals surface area contributed by atoms with Crippen LogP contribution < -0.4 is 5.32 Å². The molecule has 160 valence electrons. The first-order chi connectivity index (χ1) is 14.3. The van der Waals surface area contributed by atoms with Gasteiger partial charge in [-0.25, -0.2) is 0 Å². The van der Waals surface area contributed by atoms with Crippen LogP contribution in [-0.4, -0.2) is 79.1 Å². The van der Waals surface area contributed by atoms with Crippen LogP contribution >= 0.6 is 0 Å². The van der Waals surface area contributed by atoms with Crippen LogP contribution in [0.4, 0.5) is 0 Å². The van der Waals surface area contributed by atoms with Crippen LogP contribution in [0.5, 0.6) is 0 Å². The number of likely N-dealkylation sites (tertiary alicyclic amines) is 3. The molecule has 1 N–H and O–H groups in total. The molecule has 3 aliphatic heterocycles. The van der Waals surface area contributed by atoms with Crippen molar-refractivity contribution in [1.29, 1.82) is 0 Å². The van der Waals surface area contributed by atoms with Crippen LogP contribution in [0.3, 0.4) is 0 Å². The fraction of sp³-hybridized carbons (Fsp3) is 0.708. The molecule has 0 amide bonds. The Balaban J connectivity index is 1.31. The number of guanidine groups is 1. The first-order valence-corrected chi connectivity index (χ1v) is 11.9. The van der Waals surface area contributed by atoms with Gasteiger partial charge in [0.15, 0.2) is 5.96 Å². The normalized spacial score (nSPS) is 26.5. The maximum absolute atomic E-state index is 5.11. The highest BCUT2D eigenvalue weighted by Crippen LogP contribution is 2.22. The summed E-state index contributed by atoms with van der Waals surface area (Å²) in [5.74, 6) is 1.95. The Labute approximate surface area is 177 Å². The van der Waals surface area contributed by atoms with Crippen molar-refractivity contribution < 1.29 is 0 Å². The van der Waals surface area contributed by atoms with Gasteiger partial charge in [-0.05, 0) is 70.1 Å². The quantitative estimate of drug-likeness (QED) is 0.566. The van der Waals surface area contributed by atoms with E-state index >= 15 is 0 Å². The number of hydrogen-bond donors (Lipinski definition) is 1. The van der Waals surface area contributed by atoms with E-state index in [2.05, 4.69) is 57.3 Å². The van der Waals surface area contributed by atoms with E-state index in [9.17, 15) is 0 Å². The molecule has 5 nitrogen and oxygen atoms in total. The third-order valence-corrected chi connectivity index (χ3v) is 6.81. The predicted octanol–water partition coefficient (Wildman–Crippen LogP) is 3.03. The van der Waals surface area contributed by atoms with Crippen LogP contribution in [0.1, 0.15) is 44.6 Å². The third kappa shape index (κ3) is 5.73. The van der Waals surface area contributed by atoms with E-state index in [0.717, 1.165) is 38.1 Å². The topological polar surface area (TPSA) is 34.1 Å². The van der Waals surface area contributed by atoms with Crippen molar-refractivity contribution in [2.75, 3.05) is 52.4 Å². The second-order valence-electron chi connectivity index (χ2n) is 9.06. The second-order valence-corrected chi connectivity index (χ2v) is 9.06. The molecular weight excluding hydrogens is 358 g/mol. The zero-order valence-electron chi connectivity index (χ0n) is 18.2. The van der Waals surface area contributed by atoms with E-state index in [1.807, 2.05) is 0 Å². The molecule has 4 rings (SSSR count). The van der Waals surface area contributed by atoms with E-state index in [4.69, 9.17) is 4.99 Å². The molecule has 0 spiro atoms. The van der Waals surface area contributed by atoms with Crippen LogP contribution in [0.15, 0.2) is 35.3 Å². The van der Waals surface area contributed by atoms with Gasteiger partial charge >= 0.3 is 0 Å². The summed E-state index contributed by atoms with van der Waals surface area (Å²) in [6.07, 6.45) is 6.66. The van der Waals surface area contributed by atoms with Gasteiger partial charge < -0.3 is 15.1 Å². The summed E-state index contributed by atoms with van der Waals surface area (Å²) >= 11 is 0. The van der Waals surface area contributed by atoms with Crippen molar-refractivity contribution in [3.63, 3.8) is 0 Å². The van der Waals surface area contributed by atoms with Gasteiger partial charge in [-0.15, -0.1) is 0 Å². The minimum Gasteiger partial charge on any atom is -0.357 e. The molecule has 3 fully saturated rings. The van der Waals surface area contributed by atoms with Gasteiger partial charge in [-0.3, -0.25) is 9.89 Å². The summed E-state index contributed by atoms with van der Waals surface area (Å²) < 4.78 is 0. The Morgan fingerprint density at radius 3 is 2.66 bits per heavy atom. The molecule has 0 saturated carbocycles. The van der Waals surface area contributed by atoms with Gasteiger partial charge in [0, 0.05) is 38.8 Å². The highest BCUT2D eigenvalue weighted by Gasteiger charge is 2.28. The van der Waals surface area contributed by atoms with Gasteiger partial charge in [0.2, 0.25) is 0 Å². The number of nitrogens with one attached hydrogen (secondary N) is 1. The standard InChI is InChI=1S/C24H39N5/c1-2-25-24(29-16-12-22(20-29)18-27-13-6-7-14-27)26-17-23-11-8-15-28(23)19-21-9-4-3-5-10-21/h3-5,9-10,22-23H,2,6-8,11-20H2,1H3,(H,25,26). The van der Waals surface area contributed by atoms with Crippen molar-refractivity contribution in [1.82, 2.24) is 20.0 Å². The zero-order valence-corrected chi connectivity index (χ0v) is 18.2. The van der Waals surface area contributed by atoms with E-state index < -0.39 is 0 Å². The largest absolute Gasteiger partial charge is 0.357 e. The summed E-state index contributed by atoms with van der Waals surface area (Å²) in [7, 11) is 0. The predicted molar refractivity (Wildman–Crippen MR) is 121 cm³/mol. The zero-order chi connectivity index (χ0) is 19.9. The molecule has 29 heavy (non-hydrogen) atoms. The number of benzene rings is 1. The minimum atomic E-state index is 0.576. The van der Waals surface area contributed by atoms with Crippen molar-refractivity contribution in [3.05, 3.63) is 35.9 Å². The van der Waals surface area contributed by atoms with E-state index in [0.29, 0.717) is 6.04 Å². The minimum absolute atomic E-state index is 0.576. The Bertz CT molecular complexity index is 640. The van der Waals surface area contributed by atoms with Crippen LogP contribution in [0.2, 0.25) is 0 Å². The number of rotatable bonds is 7. The molecular formula is C24H39N5. The molecule has 2 unspecified atom stereocenters. The molecule has 2 atom stereocenters. The number of aliphatic imine (C=N–C) groups is 1. The highest BCUT2D eigenvalue weighted by atomic mass is 15.3. The fourth-order valence-corrected chi connectivity index (χ4v) is 5.25. The summed E-state index contributed by atoms with van der Waals surface area (Å²) in [6, 6.07) is 11.5. The Hall–Kier alpha value is -1.59. The van der Waals surface area contributed by atoms with Gasteiger partial charge in [0.25, 0.3) is 0 Å². The first kappa shape index (κ1) is 20.7. The van der Waals surface area contributed by atoms with Gasteiger partial charge in [-0.2, -0.15) is 0 Å². The fourth-order valence-electron chi connectivity index (χ4n) is 5.25. The lowest BCUT2D eigenvalue weighted by Crippen LogP contribution is -2.42. The molecule has 5 heteroatoms. The average Bonchev–Trinajstić information content (AvgIpc) is 3.50. The SMILES string of the molecule is CCNC(=NCC1CCCN1Cc1ccccc1)N1CCC(CN2CCCC2)C1. The summed E-state index contributed by atoms with van der Waals surface area (Å²) in [5, 5.41) is 3.57. The Morgan fingerprint density at radius 2 is 1.86 bits per heavy atom. The smallest absolute Gasteiger partial charge is 0.193 e. The average molecular weight is 398 g/mol. The molecule has 3 aliphatic rings. The monoisotopic (exact) mass is 397 g/mol. The van der Waals surface area contributed by atoms with Gasteiger partial charge in [0.1, 0.15) is 0 Å². The van der Waals surface area contributed by atoms with Crippen LogP contribution in [0.25, 0.3) is 0 Å². The van der Waals surface area contributed by atoms with E-state index in [1.54, 1.807) is 0 Å². The lowest BCUT2D eigenvalue weighted by Gasteiger charge is -2.26. The lowest BCUT2D eigenvalue weighted by molar-refractivity contribution is 0.250. The molecule has 3 saturated heterocycles. The number of hydrogen-bond acceptors (Lipinski definition) is 3. The molecule has 0 aliphatic carbocycles. The maximum atomic E-state index is 5.11. The second kappa shape index (κ2) is 10.4. The molecule has 0 bridgehead atoms. The number of nitrogens with zero attached hydrogens (tertiary/aromatic N) is 4. The Kier molecular flexibility index (Phi) is 7.44. The van der Waals surface area contributed by atoms with Crippen molar-refractivity contribution in [2.24, 2.45) is 10.9 Å². The third-order valence-electron chi connectivity index (χ3n) is 6.81. The van der Waals surface area contributed by atoms with Crippen LogP contribution in [0, 0.1) is 5.92 Å². The lowest BCUT2D eigenvalue weighted by atomic mass is 10.1. The van der Waals surface area contributed by atoms with Gasteiger partial charge in [-0.1, -0.05) is 30.3 Å². The van der Waals surface area contributed by atoms with E-state index in [1.165, 1.54) is 70.4 Å². The Morgan fingerprint density at radius 1 is 1.03 bits per heavy atom.